The standard InChI is InChI=1S/C14H28N2O/c1-2-9-16(11-12-17)10-8-14(13-15)6-4-3-5-7-14/h2,17H,1,3-13,15H2. The minimum atomic E-state index is 0.226. The second-order valence-corrected chi connectivity index (χ2v) is 5.33. The normalized spacial score (nSPS) is 19.5. The molecule has 0 saturated heterocycles. The summed E-state index contributed by atoms with van der Waals surface area (Å²) in [6, 6.07) is 0. The van der Waals surface area contributed by atoms with Gasteiger partial charge in [-0.05, 0) is 37.8 Å². The summed E-state index contributed by atoms with van der Waals surface area (Å²) in [7, 11) is 0. The van der Waals surface area contributed by atoms with E-state index in [0.717, 1.165) is 32.6 Å². The van der Waals surface area contributed by atoms with Crippen LogP contribution in [0.5, 0.6) is 0 Å². The molecule has 0 aromatic rings. The molecule has 0 spiro atoms. The van der Waals surface area contributed by atoms with Gasteiger partial charge in [0, 0.05) is 13.1 Å². The molecule has 1 aliphatic carbocycles. The summed E-state index contributed by atoms with van der Waals surface area (Å²) in [6.07, 6.45) is 9.67. The van der Waals surface area contributed by atoms with Gasteiger partial charge in [0.2, 0.25) is 0 Å². The third kappa shape index (κ3) is 4.78. The van der Waals surface area contributed by atoms with Crippen molar-refractivity contribution in [3.05, 3.63) is 12.7 Å². The average Bonchev–Trinajstić information content (AvgIpc) is 2.38. The van der Waals surface area contributed by atoms with E-state index < -0.39 is 0 Å². The third-order valence-electron chi connectivity index (χ3n) is 4.11. The Bertz CT molecular complexity index is 212. The van der Waals surface area contributed by atoms with Crippen LogP contribution in [0.25, 0.3) is 0 Å². The molecule has 0 aromatic carbocycles. The molecule has 3 N–H and O–H groups in total. The number of nitrogens with zero attached hydrogens (tertiary/aromatic N) is 1. The zero-order valence-corrected chi connectivity index (χ0v) is 11.0. The number of nitrogens with two attached hydrogens (primary N) is 1. The fourth-order valence-corrected chi connectivity index (χ4v) is 2.87. The molecule has 0 heterocycles. The van der Waals surface area contributed by atoms with Crippen molar-refractivity contribution < 1.29 is 5.11 Å². The quantitative estimate of drug-likeness (QED) is 0.636. The Hall–Kier alpha value is -0.380. The first-order chi connectivity index (χ1) is 8.26. The van der Waals surface area contributed by atoms with E-state index in [1.165, 1.54) is 32.1 Å². The Morgan fingerprint density at radius 3 is 2.47 bits per heavy atom. The molecular weight excluding hydrogens is 212 g/mol. The molecule has 1 fully saturated rings. The highest BCUT2D eigenvalue weighted by atomic mass is 16.3. The van der Waals surface area contributed by atoms with Crippen LogP contribution in [0, 0.1) is 5.41 Å². The first-order valence-corrected chi connectivity index (χ1v) is 6.90. The fraction of sp³-hybridized carbons (Fsp3) is 0.857. The minimum absolute atomic E-state index is 0.226. The van der Waals surface area contributed by atoms with Crippen LogP contribution >= 0.6 is 0 Å². The van der Waals surface area contributed by atoms with E-state index in [1.807, 2.05) is 6.08 Å². The maximum absolute atomic E-state index is 9.02. The summed E-state index contributed by atoms with van der Waals surface area (Å²) >= 11 is 0. The van der Waals surface area contributed by atoms with Crippen LogP contribution in [-0.4, -0.2) is 42.8 Å². The Balaban J connectivity index is 2.41. The first-order valence-electron chi connectivity index (χ1n) is 6.90. The molecule has 0 radical (unpaired) electrons. The van der Waals surface area contributed by atoms with Gasteiger partial charge in [-0.3, -0.25) is 4.90 Å². The van der Waals surface area contributed by atoms with Gasteiger partial charge in [-0.1, -0.05) is 25.3 Å². The van der Waals surface area contributed by atoms with Crippen LogP contribution in [0.1, 0.15) is 38.5 Å². The number of hydrogen-bond acceptors (Lipinski definition) is 3. The topological polar surface area (TPSA) is 49.5 Å². The van der Waals surface area contributed by atoms with E-state index in [-0.39, 0.29) is 6.61 Å². The van der Waals surface area contributed by atoms with E-state index >= 15 is 0 Å². The van der Waals surface area contributed by atoms with E-state index in [2.05, 4.69) is 11.5 Å². The van der Waals surface area contributed by atoms with Crippen LogP contribution < -0.4 is 5.73 Å². The smallest absolute Gasteiger partial charge is 0.0558 e. The lowest BCUT2D eigenvalue weighted by Crippen LogP contribution is -2.38. The summed E-state index contributed by atoms with van der Waals surface area (Å²) in [4.78, 5) is 2.26. The summed E-state index contributed by atoms with van der Waals surface area (Å²) < 4.78 is 0. The maximum Gasteiger partial charge on any atom is 0.0558 e. The molecule has 3 heteroatoms. The van der Waals surface area contributed by atoms with Crippen LogP contribution in [0.15, 0.2) is 12.7 Å². The average molecular weight is 240 g/mol. The Labute approximate surface area is 106 Å². The summed E-state index contributed by atoms with van der Waals surface area (Å²) in [5.74, 6) is 0. The van der Waals surface area contributed by atoms with Gasteiger partial charge < -0.3 is 10.8 Å². The molecule has 0 aliphatic heterocycles. The highest BCUT2D eigenvalue weighted by Gasteiger charge is 2.30. The fourth-order valence-electron chi connectivity index (χ4n) is 2.87. The van der Waals surface area contributed by atoms with Crippen molar-refractivity contribution in [2.45, 2.75) is 38.5 Å². The van der Waals surface area contributed by atoms with Crippen molar-refractivity contribution in [1.82, 2.24) is 4.90 Å². The lowest BCUT2D eigenvalue weighted by molar-refractivity contribution is 0.139. The molecule has 1 aliphatic rings. The Kier molecular flexibility index (Phi) is 6.78. The number of aliphatic hydroxyl groups is 1. The summed E-state index contributed by atoms with van der Waals surface area (Å²) in [5, 5.41) is 9.02. The van der Waals surface area contributed by atoms with Crippen LogP contribution in [0.3, 0.4) is 0 Å². The first kappa shape index (κ1) is 14.7. The summed E-state index contributed by atoms with van der Waals surface area (Å²) in [6.45, 7) is 7.44. The molecule has 0 unspecified atom stereocenters. The largest absolute Gasteiger partial charge is 0.395 e. The van der Waals surface area contributed by atoms with Crippen molar-refractivity contribution in [2.75, 3.05) is 32.8 Å². The van der Waals surface area contributed by atoms with Gasteiger partial charge in [0.25, 0.3) is 0 Å². The Morgan fingerprint density at radius 1 is 1.24 bits per heavy atom. The van der Waals surface area contributed by atoms with Gasteiger partial charge in [-0.25, -0.2) is 0 Å². The molecule has 17 heavy (non-hydrogen) atoms. The van der Waals surface area contributed by atoms with E-state index in [0.29, 0.717) is 5.41 Å². The molecular formula is C14H28N2O. The van der Waals surface area contributed by atoms with Gasteiger partial charge in [0.15, 0.2) is 0 Å². The van der Waals surface area contributed by atoms with Gasteiger partial charge in [-0.15, -0.1) is 6.58 Å². The number of rotatable bonds is 8. The minimum Gasteiger partial charge on any atom is -0.395 e. The number of hydrogen-bond donors (Lipinski definition) is 2. The molecule has 1 saturated carbocycles. The van der Waals surface area contributed by atoms with E-state index in [4.69, 9.17) is 10.8 Å². The number of aliphatic hydroxyl groups excluding tert-OH is 1. The second-order valence-electron chi connectivity index (χ2n) is 5.33. The molecule has 100 valence electrons. The highest BCUT2D eigenvalue weighted by molar-refractivity contribution is 4.85. The monoisotopic (exact) mass is 240 g/mol. The predicted molar refractivity (Wildman–Crippen MR) is 72.9 cm³/mol. The van der Waals surface area contributed by atoms with Crippen molar-refractivity contribution in [1.29, 1.82) is 0 Å². The SMILES string of the molecule is C=CCN(CCO)CCC1(CN)CCCCC1. The van der Waals surface area contributed by atoms with E-state index in [1.54, 1.807) is 0 Å². The van der Waals surface area contributed by atoms with Gasteiger partial charge in [0.1, 0.15) is 0 Å². The zero-order chi connectivity index (χ0) is 12.6. The zero-order valence-electron chi connectivity index (χ0n) is 11.0. The van der Waals surface area contributed by atoms with Gasteiger partial charge >= 0.3 is 0 Å². The molecule has 0 atom stereocenters. The van der Waals surface area contributed by atoms with Crippen molar-refractivity contribution in [2.24, 2.45) is 11.1 Å². The maximum atomic E-state index is 9.02. The van der Waals surface area contributed by atoms with Crippen molar-refractivity contribution in [3.63, 3.8) is 0 Å². The lowest BCUT2D eigenvalue weighted by Gasteiger charge is -2.37. The lowest BCUT2D eigenvalue weighted by atomic mass is 9.72. The van der Waals surface area contributed by atoms with Gasteiger partial charge in [-0.2, -0.15) is 0 Å². The Morgan fingerprint density at radius 2 is 1.94 bits per heavy atom. The molecule has 3 nitrogen and oxygen atoms in total. The van der Waals surface area contributed by atoms with Crippen LogP contribution in [-0.2, 0) is 0 Å². The molecule has 0 bridgehead atoms. The molecule has 0 amide bonds. The van der Waals surface area contributed by atoms with Crippen LogP contribution in [0.4, 0.5) is 0 Å². The van der Waals surface area contributed by atoms with Crippen molar-refractivity contribution in [3.8, 4) is 0 Å². The van der Waals surface area contributed by atoms with Gasteiger partial charge in [0.05, 0.1) is 6.61 Å². The highest BCUT2D eigenvalue weighted by Crippen LogP contribution is 2.38. The van der Waals surface area contributed by atoms with Crippen molar-refractivity contribution >= 4 is 0 Å². The third-order valence-corrected chi connectivity index (χ3v) is 4.11. The summed E-state index contributed by atoms with van der Waals surface area (Å²) in [5.41, 5.74) is 6.35. The second kappa shape index (κ2) is 7.85. The van der Waals surface area contributed by atoms with Crippen LogP contribution in [0.2, 0.25) is 0 Å². The molecule has 1 rings (SSSR count). The molecule has 0 aromatic heterocycles. The van der Waals surface area contributed by atoms with E-state index in [9.17, 15) is 0 Å². The predicted octanol–water partition coefficient (Wildman–Crippen LogP) is 1.77.